The Morgan fingerprint density at radius 2 is 1.76 bits per heavy atom. The van der Waals surface area contributed by atoms with Crippen molar-refractivity contribution in [2.24, 2.45) is 0 Å². The molecule has 1 unspecified atom stereocenters. The van der Waals surface area contributed by atoms with Crippen LogP contribution in [-0.2, 0) is 11.2 Å². The van der Waals surface area contributed by atoms with Gasteiger partial charge in [0.15, 0.2) is 6.10 Å². The van der Waals surface area contributed by atoms with Crippen LogP contribution in [0.15, 0.2) is 42.5 Å². The van der Waals surface area contributed by atoms with Crippen molar-refractivity contribution < 1.29 is 19.0 Å². The highest BCUT2D eigenvalue weighted by atomic mass is 35.5. The zero-order chi connectivity index (χ0) is 18.2. The van der Waals surface area contributed by atoms with E-state index in [0.717, 1.165) is 17.1 Å². The predicted octanol–water partition coefficient (Wildman–Crippen LogP) is 3.48. The van der Waals surface area contributed by atoms with E-state index in [1.54, 1.807) is 45.4 Å². The first kappa shape index (κ1) is 18.9. The molecule has 0 aromatic heterocycles. The molecule has 1 amide bonds. The molecule has 0 aliphatic carbocycles. The Balaban J connectivity index is 1.86. The zero-order valence-electron chi connectivity index (χ0n) is 14.5. The molecule has 6 heteroatoms. The van der Waals surface area contributed by atoms with Crippen LogP contribution in [-0.4, -0.2) is 32.8 Å². The molecule has 2 aromatic rings. The summed E-state index contributed by atoms with van der Waals surface area (Å²) in [5, 5.41) is 3.49. The highest BCUT2D eigenvalue weighted by molar-refractivity contribution is 6.30. The Kier molecular flexibility index (Phi) is 6.95. The minimum absolute atomic E-state index is 0.184. The lowest BCUT2D eigenvalue weighted by atomic mass is 10.1. The third-order valence-electron chi connectivity index (χ3n) is 3.68. The molecular formula is C19H22ClNO4. The molecule has 0 saturated carbocycles. The molecule has 0 bridgehead atoms. The van der Waals surface area contributed by atoms with Gasteiger partial charge in [0.2, 0.25) is 0 Å². The summed E-state index contributed by atoms with van der Waals surface area (Å²) in [6.45, 7) is 2.17. The highest BCUT2D eigenvalue weighted by Crippen LogP contribution is 2.24. The number of hydrogen-bond acceptors (Lipinski definition) is 4. The topological polar surface area (TPSA) is 56.8 Å². The standard InChI is InChI=1S/C19H22ClNO4/c1-13(25-16-6-4-15(20)5-7-16)19(22)21-11-10-14-12-17(23-2)8-9-18(14)24-3/h4-9,12-13H,10-11H2,1-3H3,(H,21,22). The van der Waals surface area contributed by atoms with Gasteiger partial charge >= 0.3 is 0 Å². The Hall–Kier alpha value is -2.40. The van der Waals surface area contributed by atoms with E-state index in [1.165, 1.54) is 0 Å². The van der Waals surface area contributed by atoms with Crippen molar-refractivity contribution in [1.29, 1.82) is 0 Å². The van der Waals surface area contributed by atoms with Crippen LogP contribution in [0.2, 0.25) is 5.02 Å². The second-order valence-corrected chi connectivity index (χ2v) is 5.87. The minimum Gasteiger partial charge on any atom is -0.497 e. The summed E-state index contributed by atoms with van der Waals surface area (Å²) in [5.41, 5.74) is 0.966. The van der Waals surface area contributed by atoms with Crippen LogP contribution >= 0.6 is 11.6 Å². The summed E-state index contributed by atoms with van der Waals surface area (Å²) < 4.78 is 16.2. The lowest BCUT2D eigenvalue weighted by Crippen LogP contribution is -2.37. The summed E-state index contributed by atoms with van der Waals surface area (Å²) >= 11 is 5.83. The number of benzene rings is 2. The van der Waals surface area contributed by atoms with Gasteiger partial charge in [-0.25, -0.2) is 0 Å². The molecule has 0 radical (unpaired) electrons. The monoisotopic (exact) mass is 363 g/mol. The molecule has 0 spiro atoms. The lowest BCUT2D eigenvalue weighted by molar-refractivity contribution is -0.127. The normalized spacial score (nSPS) is 11.5. The molecule has 0 aliphatic heterocycles. The fourth-order valence-corrected chi connectivity index (χ4v) is 2.44. The summed E-state index contributed by atoms with van der Waals surface area (Å²) in [7, 11) is 3.23. The van der Waals surface area contributed by atoms with Gasteiger partial charge in [-0.1, -0.05) is 11.6 Å². The van der Waals surface area contributed by atoms with Crippen molar-refractivity contribution in [3.8, 4) is 17.2 Å². The molecule has 0 saturated heterocycles. The summed E-state index contributed by atoms with van der Waals surface area (Å²) in [5.74, 6) is 1.93. The molecular weight excluding hydrogens is 342 g/mol. The molecule has 2 aromatic carbocycles. The predicted molar refractivity (Wildman–Crippen MR) is 97.8 cm³/mol. The lowest BCUT2D eigenvalue weighted by Gasteiger charge is -2.15. The molecule has 2 rings (SSSR count). The summed E-state index contributed by atoms with van der Waals surface area (Å²) in [6, 6.07) is 12.5. The van der Waals surface area contributed by atoms with Gasteiger partial charge in [-0.15, -0.1) is 0 Å². The van der Waals surface area contributed by atoms with Crippen molar-refractivity contribution in [2.45, 2.75) is 19.4 Å². The number of carbonyl (C=O) groups is 1. The fourth-order valence-electron chi connectivity index (χ4n) is 2.31. The van der Waals surface area contributed by atoms with Crippen LogP contribution < -0.4 is 19.5 Å². The van der Waals surface area contributed by atoms with Crippen LogP contribution in [0.5, 0.6) is 17.2 Å². The van der Waals surface area contributed by atoms with E-state index >= 15 is 0 Å². The summed E-state index contributed by atoms with van der Waals surface area (Å²) in [6.07, 6.45) is 0.0214. The number of ether oxygens (including phenoxy) is 3. The van der Waals surface area contributed by atoms with Gasteiger partial charge in [0, 0.05) is 11.6 Å². The Morgan fingerprint density at radius 3 is 2.40 bits per heavy atom. The van der Waals surface area contributed by atoms with Crippen molar-refractivity contribution in [3.05, 3.63) is 53.1 Å². The molecule has 0 heterocycles. The Labute approximate surface area is 152 Å². The maximum atomic E-state index is 12.2. The average molecular weight is 364 g/mol. The van der Waals surface area contributed by atoms with E-state index in [1.807, 2.05) is 18.2 Å². The van der Waals surface area contributed by atoms with Gasteiger partial charge in [-0.2, -0.15) is 0 Å². The first-order valence-electron chi connectivity index (χ1n) is 7.94. The maximum Gasteiger partial charge on any atom is 0.260 e. The van der Waals surface area contributed by atoms with Gasteiger partial charge < -0.3 is 19.5 Å². The molecule has 1 atom stereocenters. The number of hydrogen-bond donors (Lipinski definition) is 1. The smallest absolute Gasteiger partial charge is 0.260 e. The van der Waals surface area contributed by atoms with E-state index in [-0.39, 0.29) is 5.91 Å². The Morgan fingerprint density at radius 1 is 1.08 bits per heavy atom. The largest absolute Gasteiger partial charge is 0.497 e. The van der Waals surface area contributed by atoms with E-state index in [0.29, 0.717) is 23.7 Å². The third kappa shape index (κ3) is 5.57. The van der Waals surface area contributed by atoms with Crippen molar-refractivity contribution in [2.75, 3.05) is 20.8 Å². The number of methoxy groups -OCH3 is 2. The van der Waals surface area contributed by atoms with E-state index in [4.69, 9.17) is 25.8 Å². The first-order valence-corrected chi connectivity index (χ1v) is 8.32. The molecule has 1 N–H and O–H groups in total. The molecule has 0 aliphatic rings. The maximum absolute atomic E-state index is 12.2. The van der Waals surface area contributed by atoms with Crippen LogP contribution in [0.3, 0.4) is 0 Å². The molecule has 5 nitrogen and oxygen atoms in total. The first-order chi connectivity index (χ1) is 12.0. The Bertz CT molecular complexity index is 703. The van der Waals surface area contributed by atoms with Gasteiger partial charge in [0.1, 0.15) is 17.2 Å². The number of carbonyl (C=O) groups excluding carboxylic acids is 1. The molecule has 0 fully saturated rings. The van der Waals surface area contributed by atoms with Gasteiger partial charge in [0.25, 0.3) is 5.91 Å². The second-order valence-electron chi connectivity index (χ2n) is 5.43. The van der Waals surface area contributed by atoms with E-state index in [9.17, 15) is 4.79 Å². The zero-order valence-corrected chi connectivity index (χ0v) is 15.3. The van der Waals surface area contributed by atoms with E-state index < -0.39 is 6.10 Å². The number of amides is 1. The fraction of sp³-hybridized carbons (Fsp3) is 0.316. The van der Waals surface area contributed by atoms with Crippen LogP contribution in [0.4, 0.5) is 0 Å². The number of halogens is 1. The average Bonchev–Trinajstić information content (AvgIpc) is 2.63. The van der Waals surface area contributed by atoms with Gasteiger partial charge in [-0.3, -0.25) is 4.79 Å². The molecule has 134 valence electrons. The third-order valence-corrected chi connectivity index (χ3v) is 3.93. The quantitative estimate of drug-likeness (QED) is 0.780. The van der Waals surface area contributed by atoms with Gasteiger partial charge in [-0.05, 0) is 61.4 Å². The van der Waals surface area contributed by atoms with Crippen molar-refractivity contribution >= 4 is 17.5 Å². The summed E-state index contributed by atoms with van der Waals surface area (Å²) in [4.78, 5) is 12.2. The second kappa shape index (κ2) is 9.18. The van der Waals surface area contributed by atoms with Crippen molar-refractivity contribution in [1.82, 2.24) is 5.32 Å². The van der Waals surface area contributed by atoms with Crippen molar-refractivity contribution in [3.63, 3.8) is 0 Å². The van der Waals surface area contributed by atoms with Crippen LogP contribution in [0.25, 0.3) is 0 Å². The minimum atomic E-state index is -0.603. The van der Waals surface area contributed by atoms with Gasteiger partial charge in [0.05, 0.1) is 14.2 Å². The number of nitrogens with one attached hydrogen (secondary N) is 1. The van der Waals surface area contributed by atoms with Crippen LogP contribution in [0.1, 0.15) is 12.5 Å². The van der Waals surface area contributed by atoms with Crippen LogP contribution in [0, 0.1) is 0 Å². The number of rotatable bonds is 8. The SMILES string of the molecule is COc1ccc(OC)c(CCNC(=O)C(C)Oc2ccc(Cl)cc2)c1. The molecule has 25 heavy (non-hydrogen) atoms. The highest BCUT2D eigenvalue weighted by Gasteiger charge is 2.14. The van der Waals surface area contributed by atoms with E-state index in [2.05, 4.69) is 5.32 Å².